The van der Waals surface area contributed by atoms with E-state index in [9.17, 15) is 9.90 Å². The third-order valence-corrected chi connectivity index (χ3v) is 2.42. The SMILES string of the molecule is [N-]=[N+]=Nc1cc(NC(=O)Nc2ccccc2)ccc1O. The summed E-state index contributed by atoms with van der Waals surface area (Å²) in [5.41, 5.74) is 9.46. The van der Waals surface area contributed by atoms with Gasteiger partial charge in [-0.05, 0) is 35.9 Å². The summed E-state index contributed by atoms with van der Waals surface area (Å²) < 4.78 is 0. The molecule has 2 aromatic carbocycles. The summed E-state index contributed by atoms with van der Waals surface area (Å²) in [6, 6.07) is 12.7. The van der Waals surface area contributed by atoms with Gasteiger partial charge >= 0.3 is 6.03 Å². The van der Waals surface area contributed by atoms with E-state index >= 15 is 0 Å². The average molecular weight is 269 g/mol. The smallest absolute Gasteiger partial charge is 0.323 e. The fourth-order valence-corrected chi connectivity index (χ4v) is 1.54. The third-order valence-electron chi connectivity index (χ3n) is 2.42. The lowest BCUT2D eigenvalue weighted by molar-refractivity contribution is 0.262. The number of azide groups is 1. The minimum absolute atomic E-state index is 0.0463. The maximum Gasteiger partial charge on any atom is 0.323 e. The predicted octanol–water partition coefficient (Wildman–Crippen LogP) is 3.98. The van der Waals surface area contributed by atoms with Crippen LogP contribution in [0.25, 0.3) is 10.4 Å². The van der Waals surface area contributed by atoms with Crippen LogP contribution in [0.1, 0.15) is 0 Å². The van der Waals surface area contributed by atoms with E-state index < -0.39 is 6.03 Å². The summed E-state index contributed by atoms with van der Waals surface area (Å²) in [5, 5.41) is 18.0. The Bertz CT molecular complexity index is 666. The van der Waals surface area contributed by atoms with Gasteiger partial charge in [0.25, 0.3) is 0 Å². The summed E-state index contributed by atoms with van der Waals surface area (Å²) in [4.78, 5) is 14.3. The van der Waals surface area contributed by atoms with Crippen molar-refractivity contribution < 1.29 is 9.90 Å². The summed E-state index contributed by atoms with van der Waals surface area (Å²) in [5.74, 6) is -0.156. The molecular weight excluding hydrogens is 258 g/mol. The Morgan fingerprint density at radius 2 is 1.80 bits per heavy atom. The monoisotopic (exact) mass is 269 g/mol. The molecule has 0 aliphatic carbocycles. The first-order chi connectivity index (χ1) is 9.69. The number of hydrogen-bond donors (Lipinski definition) is 3. The Hall–Kier alpha value is -3.18. The van der Waals surface area contributed by atoms with Gasteiger partial charge in [-0.25, -0.2) is 4.79 Å². The fraction of sp³-hybridized carbons (Fsp3) is 0. The Morgan fingerprint density at radius 1 is 1.10 bits per heavy atom. The van der Waals surface area contributed by atoms with Crippen LogP contribution in [0.15, 0.2) is 53.6 Å². The van der Waals surface area contributed by atoms with Crippen molar-refractivity contribution in [3.05, 3.63) is 59.0 Å². The van der Waals surface area contributed by atoms with Gasteiger partial charge in [-0.15, -0.1) is 0 Å². The molecule has 20 heavy (non-hydrogen) atoms. The molecule has 0 saturated heterocycles. The van der Waals surface area contributed by atoms with E-state index in [2.05, 4.69) is 20.7 Å². The van der Waals surface area contributed by atoms with Gasteiger partial charge in [-0.1, -0.05) is 23.3 Å². The third kappa shape index (κ3) is 3.41. The number of carbonyl (C=O) groups is 1. The Kier molecular flexibility index (Phi) is 4.06. The molecule has 0 spiro atoms. The molecule has 0 heterocycles. The molecule has 2 rings (SSSR count). The van der Waals surface area contributed by atoms with Crippen molar-refractivity contribution in [3.63, 3.8) is 0 Å². The van der Waals surface area contributed by atoms with Gasteiger partial charge in [0.1, 0.15) is 5.75 Å². The van der Waals surface area contributed by atoms with Gasteiger partial charge < -0.3 is 15.7 Å². The van der Waals surface area contributed by atoms with Crippen LogP contribution in [0, 0.1) is 0 Å². The molecule has 0 atom stereocenters. The average Bonchev–Trinajstić information content (AvgIpc) is 2.44. The maximum absolute atomic E-state index is 11.7. The van der Waals surface area contributed by atoms with E-state index in [1.54, 1.807) is 24.3 Å². The van der Waals surface area contributed by atoms with Gasteiger partial charge in [0.15, 0.2) is 0 Å². The van der Waals surface area contributed by atoms with Crippen molar-refractivity contribution in [2.75, 3.05) is 10.6 Å². The van der Waals surface area contributed by atoms with Crippen LogP contribution in [0.5, 0.6) is 5.75 Å². The molecule has 3 N–H and O–H groups in total. The molecule has 0 saturated carbocycles. The second kappa shape index (κ2) is 6.12. The zero-order valence-electron chi connectivity index (χ0n) is 10.3. The summed E-state index contributed by atoms with van der Waals surface area (Å²) in [6.07, 6.45) is 0. The maximum atomic E-state index is 11.7. The number of urea groups is 1. The Morgan fingerprint density at radius 3 is 2.50 bits per heavy atom. The van der Waals surface area contributed by atoms with Crippen molar-refractivity contribution >= 4 is 23.1 Å². The van der Waals surface area contributed by atoms with Crippen molar-refractivity contribution in [3.8, 4) is 5.75 Å². The van der Waals surface area contributed by atoms with Crippen molar-refractivity contribution in [2.45, 2.75) is 0 Å². The standard InChI is InChI=1S/C13H11N5O2/c14-18-17-11-8-10(6-7-12(11)19)16-13(20)15-9-4-2-1-3-5-9/h1-8,19H,(H2,15,16,20). The van der Waals surface area contributed by atoms with E-state index in [1.165, 1.54) is 18.2 Å². The first-order valence-corrected chi connectivity index (χ1v) is 5.70. The predicted molar refractivity (Wildman–Crippen MR) is 76.0 cm³/mol. The minimum atomic E-state index is -0.436. The molecule has 0 aliphatic heterocycles. The second-order valence-corrected chi connectivity index (χ2v) is 3.84. The molecule has 2 amide bonds. The van der Waals surface area contributed by atoms with Gasteiger partial charge in [0.2, 0.25) is 0 Å². The summed E-state index contributed by atoms with van der Waals surface area (Å²) in [7, 11) is 0. The largest absolute Gasteiger partial charge is 0.507 e. The number of rotatable bonds is 3. The highest BCUT2D eigenvalue weighted by Crippen LogP contribution is 2.29. The number of para-hydroxylation sites is 1. The molecule has 0 bridgehead atoms. The van der Waals surface area contributed by atoms with Crippen LogP contribution in [0.2, 0.25) is 0 Å². The number of nitrogens with zero attached hydrogens (tertiary/aromatic N) is 3. The lowest BCUT2D eigenvalue weighted by Gasteiger charge is -2.08. The molecule has 0 aromatic heterocycles. The van der Waals surface area contributed by atoms with E-state index in [0.29, 0.717) is 11.4 Å². The van der Waals surface area contributed by atoms with Crippen molar-refractivity contribution in [1.29, 1.82) is 0 Å². The molecule has 2 aromatic rings. The van der Waals surface area contributed by atoms with Crippen LogP contribution in [0.3, 0.4) is 0 Å². The minimum Gasteiger partial charge on any atom is -0.507 e. The lowest BCUT2D eigenvalue weighted by Crippen LogP contribution is -2.19. The summed E-state index contributed by atoms with van der Waals surface area (Å²) >= 11 is 0. The highest BCUT2D eigenvalue weighted by molar-refractivity contribution is 6.00. The highest BCUT2D eigenvalue weighted by atomic mass is 16.3. The normalized spacial score (nSPS) is 9.40. The van der Waals surface area contributed by atoms with E-state index in [0.717, 1.165) is 0 Å². The fourth-order valence-electron chi connectivity index (χ4n) is 1.54. The molecule has 0 fully saturated rings. The Labute approximate surface area is 114 Å². The number of carbonyl (C=O) groups excluding carboxylic acids is 1. The first-order valence-electron chi connectivity index (χ1n) is 5.70. The van der Waals surface area contributed by atoms with E-state index in [4.69, 9.17) is 5.53 Å². The number of amides is 2. The number of hydrogen-bond acceptors (Lipinski definition) is 3. The lowest BCUT2D eigenvalue weighted by atomic mass is 10.2. The van der Waals surface area contributed by atoms with Crippen LogP contribution >= 0.6 is 0 Å². The highest BCUT2D eigenvalue weighted by Gasteiger charge is 2.05. The number of phenols is 1. The quantitative estimate of drug-likeness (QED) is 0.339. The first kappa shape index (κ1) is 13.3. The molecule has 0 unspecified atom stereocenters. The number of phenolic OH excluding ortho intramolecular Hbond substituents is 1. The van der Waals surface area contributed by atoms with Crippen molar-refractivity contribution in [1.82, 2.24) is 0 Å². The van der Waals surface area contributed by atoms with Crippen LogP contribution in [-0.2, 0) is 0 Å². The second-order valence-electron chi connectivity index (χ2n) is 3.84. The van der Waals surface area contributed by atoms with Gasteiger partial charge in [-0.2, -0.15) is 0 Å². The van der Waals surface area contributed by atoms with Gasteiger partial charge in [0, 0.05) is 16.3 Å². The zero-order chi connectivity index (χ0) is 14.4. The van der Waals surface area contributed by atoms with Crippen molar-refractivity contribution in [2.24, 2.45) is 5.11 Å². The van der Waals surface area contributed by atoms with Gasteiger partial charge in [-0.3, -0.25) is 0 Å². The van der Waals surface area contributed by atoms with E-state index in [1.807, 2.05) is 6.07 Å². The molecule has 0 aliphatic rings. The number of nitrogens with one attached hydrogen (secondary N) is 2. The number of anilines is 2. The molecule has 7 heteroatoms. The van der Waals surface area contributed by atoms with Gasteiger partial charge in [0.05, 0.1) is 5.69 Å². The molecule has 0 radical (unpaired) electrons. The van der Waals surface area contributed by atoms with E-state index in [-0.39, 0.29) is 11.4 Å². The number of benzene rings is 2. The molecule has 100 valence electrons. The zero-order valence-corrected chi connectivity index (χ0v) is 10.3. The Balaban J connectivity index is 2.08. The van der Waals surface area contributed by atoms with Crippen LogP contribution in [-0.4, -0.2) is 11.1 Å². The topological polar surface area (TPSA) is 110 Å². The van der Waals surface area contributed by atoms with Crippen LogP contribution in [0.4, 0.5) is 21.9 Å². The number of aromatic hydroxyl groups is 1. The van der Waals surface area contributed by atoms with Crippen LogP contribution < -0.4 is 10.6 Å². The molecular formula is C13H11N5O2. The summed E-state index contributed by atoms with van der Waals surface area (Å²) in [6.45, 7) is 0. The molecule has 7 nitrogen and oxygen atoms in total.